The van der Waals surface area contributed by atoms with Crippen molar-refractivity contribution in [1.29, 1.82) is 0 Å². The van der Waals surface area contributed by atoms with Crippen molar-refractivity contribution in [3.05, 3.63) is 89.9 Å². The molecular formula is C27H30N6O3S. The molecule has 5 rings (SSSR count). The first-order chi connectivity index (χ1) is 18.3. The molecule has 10 heteroatoms. The molecule has 0 radical (unpaired) electrons. The highest BCUT2D eigenvalue weighted by Crippen LogP contribution is 2.26. The number of hydrogen-bond acceptors (Lipinski definition) is 8. The normalized spacial score (nSPS) is 14.1. The third-order valence-electron chi connectivity index (χ3n) is 6.07. The number of amides is 1. The zero-order valence-electron chi connectivity index (χ0n) is 20.6. The van der Waals surface area contributed by atoms with Crippen LogP contribution in [0.1, 0.15) is 34.2 Å². The quantitative estimate of drug-likeness (QED) is 0.238. The molecule has 0 atom stereocenters. The lowest BCUT2D eigenvalue weighted by atomic mass is 10.1. The first-order valence-corrected chi connectivity index (χ1v) is 13.4. The Morgan fingerprint density at radius 3 is 2.54 bits per heavy atom. The molecule has 2 aromatic heterocycles. The van der Waals surface area contributed by atoms with Gasteiger partial charge in [-0.15, -0.1) is 10.2 Å². The molecule has 0 unspecified atom stereocenters. The van der Waals surface area contributed by atoms with E-state index in [1.807, 2.05) is 48.5 Å². The third kappa shape index (κ3) is 6.85. The highest BCUT2D eigenvalue weighted by atomic mass is 32.2. The summed E-state index contributed by atoms with van der Waals surface area (Å²) in [7, 11) is 0. The van der Waals surface area contributed by atoms with E-state index in [9.17, 15) is 4.79 Å². The molecule has 3 heterocycles. The number of morpholine rings is 1. The van der Waals surface area contributed by atoms with Crippen molar-refractivity contribution in [2.45, 2.75) is 23.8 Å². The predicted molar refractivity (Wildman–Crippen MR) is 141 cm³/mol. The lowest BCUT2D eigenvalue weighted by molar-refractivity contribution is 0.0374. The molecule has 192 valence electrons. The summed E-state index contributed by atoms with van der Waals surface area (Å²) in [5.74, 6) is 1.53. The number of hydrogen-bond donors (Lipinski definition) is 1. The maximum atomic E-state index is 12.5. The smallest absolute Gasteiger partial charge is 0.273 e. The third-order valence-corrected chi connectivity index (χ3v) is 6.98. The van der Waals surface area contributed by atoms with Crippen LogP contribution in [0.2, 0.25) is 0 Å². The molecule has 37 heavy (non-hydrogen) atoms. The van der Waals surface area contributed by atoms with Crippen LogP contribution in [0.3, 0.4) is 0 Å². The minimum atomic E-state index is -0.223. The van der Waals surface area contributed by atoms with Gasteiger partial charge < -0.3 is 14.5 Å². The Labute approximate surface area is 220 Å². The van der Waals surface area contributed by atoms with Gasteiger partial charge in [-0.25, -0.2) is 4.98 Å². The second-order valence-electron chi connectivity index (χ2n) is 8.71. The van der Waals surface area contributed by atoms with Crippen molar-refractivity contribution in [3.8, 4) is 5.69 Å². The number of nitrogens with one attached hydrogen (secondary N) is 1. The number of carbonyl (C=O) groups is 1. The van der Waals surface area contributed by atoms with Gasteiger partial charge in [-0.1, -0.05) is 60.3 Å². The van der Waals surface area contributed by atoms with Crippen LogP contribution in [-0.4, -0.2) is 69.9 Å². The first kappa shape index (κ1) is 25.2. The van der Waals surface area contributed by atoms with Crippen LogP contribution in [0.5, 0.6) is 0 Å². The Kier molecular flexibility index (Phi) is 8.62. The Hall–Kier alpha value is -3.47. The average molecular weight is 519 g/mol. The number of oxazole rings is 1. The van der Waals surface area contributed by atoms with Gasteiger partial charge in [-0.3, -0.25) is 14.3 Å². The van der Waals surface area contributed by atoms with Gasteiger partial charge in [0.05, 0.1) is 19.0 Å². The van der Waals surface area contributed by atoms with Gasteiger partial charge in [0, 0.05) is 31.7 Å². The molecule has 0 aliphatic carbocycles. The summed E-state index contributed by atoms with van der Waals surface area (Å²) < 4.78 is 13.0. The number of para-hydroxylation sites is 1. The fourth-order valence-corrected chi connectivity index (χ4v) is 4.97. The fourth-order valence-electron chi connectivity index (χ4n) is 4.15. The minimum absolute atomic E-state index is 0.223. The predicted octanol–water partition coefficient (Wildman–Crippen LogP) is 3.59. The second-order valence-corrected chi connectivity index (χ2v) is 9.65. The summed E-state index contributed by atoms with van der Waals surface area (Å²) in [6.45, 7) is 4.99. The van der Waals surface area contributed by atoms with E-state index < -0.39 is 0 Å². The molecule has 4 aromatic rings. The molecule has 1 saturated heterocycles. The van der Waals surface area contributed by atoms with E-state index >= 15 is 0 Å². The molecule has 0 saturated carbocycles. The number of ether oxygens (including phenoxy) is 1. The molecule has 1 fully saturated rings. The number of carbonyl (C=O) groups excluding carboxylic acids is 1. The van der Waals surface area contributed by atoms with Gasteiger partial charge in [0.25, 0.3) is 5.91 Å². The summed E-state index contributed by atoms with van der Waals surface area (Å²) in [5.41, 5.74) is 2.44. The maximum Gasteiger partial charge on any atom is 0.273 e. The van der Waals surface area contributed by atoms with E-state index in [1.54, 1.807) is 0 Å². The molecule has 1 aliphatic heterocycles. The summed E-state index contributed by atoms with van der Waals surface area (Å²) >= 11 is 1.47. The summed E-state index contributed by atoms with van der Waals surface area (Å²) in [6, 6.07) is 20.3. The van der Waals surface area contributed by atoms with E-state index in [-0.39, 0.29) is 11.6 Å². The molecule has 1 amide bonds. The minimum Gasteiger partial charge on any atom is -0.447 e. The average Bonchev–Trinajstić information content (AvgIpc) is 3.59. The van der Waals surface area contributed by atoms with Crippen molar-refractivity contribution in [3.63, 3.8) is 0 Å². The summed E-state index contributed by atoms with van der Waals surface area (Å²) in [4.78, 5) is 19.2. The highest BCUT2D eigenvalue weighted by molar-refractivity contribution is 7.98. The molecular weight excluding hydrogens is 488 g/mol. The van der Waals surface area contributed by atoms with Crippen molar-refractivity contribution >= 4 is 17.7 Å². The fraction of sp³-hybridized carbons (Fsp3) is 0.333. The topological polar surface area (TPSA) is 98.3 Å². The standard InChI is InChI=1S/C27H30N6O3S/c34-26(28-12-7-13-32-14-16-35-17-15-32)23-19-36-25(29-23)20-37-27-31-30-24(18-21-8-3-1-4-9-21)33(27)22-10-5-2-6-11-22/h1-6,8-11,19H,7,12-18,20H2,(H,28,34). The van der Waals surface area contributed by atoms with Gasteiger partial charge in [0.15, 0.2) is 10.9 Å². The van der Waals surface area contributed by atoms with E-state index in [1.165, 1.54) is 18.0 Å². The largest absolute Gasteiger partial charge is 0.447 e. The van der Waals surface area contributed by atoms with Crippen molar-refractivity contribution in [1.82, 2.24) is 30.0 Å². The van der Waals surface area contributed by atoms with Crippen molar-refractivity contribution < 1.29 is 13.9 Å². The number of rotatable bonds is 11. The lowest BCUT2D eigenvalue weighted by Crippen LogP contribution is -2.38. The number of aromatic nitrogens is 4. The molecule has 1 aliphatic rings. The molecule has 2 aromatic carbocycles. The van der Waals surface area contributed by atoms with E-state index in [4.69, 9.17) is 9.15 Å². The van der Waals surface area contributed by atoms with Crippen LogP contribution < -0.4 is 5.32 Å². The van der Waals surface area contributed by atoms with Crippen LogP contribution in [0.15, 0.2) is 76.5 Å². The van der Waals surface area contributed by atoms with Crippen molar-refractivity contribution in [2.75, 3.05) is 39.4 Å². The lowest BCUT2D eigenvalue weighted by Gasteiger charge is -2.26. The second kappa shape index (κ2) is 12.7. The van der Waals surface area contributed by atoms with E-state index in [0.29, 0.717) is 24.6 Å². The summed E-state index contributed by atoms with van der Waals surface area (Å²) in [5, 5.41) is 12.6. The Balaban J connectivity index is 1.18. The van der Waals surface area contributed by atoms with Crippen LogP contribution in [-0.2, 0) is 16.9 Å². The Bertz CT molecular complexity index is 1270. The van der Waals surface area contributed by atoms with E-state index in [0.717, 1.165) is 61.5 Å². The maximum absolute atomic E-state index is 12.5. The zero-order valence-corrected chi connectivity index (χ0v) is 21.4. The SMILES string of the molecule is O=C(NCCCN1CCOCC1)c1coc(CSc2nnc(Cc3ccccc3)n2-c2ccccc2)n1. The number of benzene rings is 2. The first-order valence-electron chi connectivity index (χ1n) is 12.5. The highest BCUT2D eigenvalue weighted by Gasteiger charge is 2.18. The van der Waals surface area contributed by atoms with Crippen LogP contribution in [0, 0.1) is 0 Å². The van der Waals surface area contributed by atoms with Gasteiger partial charge >= 0.3 is 0 Å². The van der Waals surface area contributed by atoms with Crippen molar-refractivity contribution in [2.24, 2.45) is 0 Å². The Morgan fingerprint density at radius 2 is 1.76 bits per heavy atom. The van der Waals surface area contributed by atoms with Gasteiger partial charge in [0.2, 0.25) is 5.89 Å². The van der Waals surface area contributed by atoms with Crippen LogP contribution in [0.4, 0.5) is 0 Å². The van der Waals surface area contributed by atoms with Gasteiger partial charge in [-0.05, 0) is 30.7 Å². The van der Waals surface area contributed by atoms with E-state index in [2.05, 4.69) is 42.1 Å². The zero-order chi connectivity index (χ0) is 25.3. The molecule has 0 bridgehead atoms. The van der Waals surface area contributed by atoms with Gasteiger partial charge in [-0.2, -0.15) is 0 Å². The van der Waals surface area contributed by atoms with Gasteiger partial charge in [0.1, 0.15) is 12.1 Å². The number of thioether (sulfide) groups is 1. The summed E-state index contributed by atoms with van der Waals surface area (Å²) in [6.07, 6.45) is 2.96. The molecule has 0 spiro atoms. The molecule has 9 nitrogen and oxygen atoms in total. The van der Waals surface area contributed by atoms with Crippen LogP contribution >= 0.6 is 11.8 Å². The number of nitrogens with zero attached hydrogens (tertiary/aromatic N) is 5. The Morgan fingerprint density at radius 1 is 1.00 bits per heavy atom. The monoisotopic (exact) mass is 518 g/mol. The van der Waals surface area contributed by atoms with Crippen LogP contribution in [0.25, 0.3) is 5.69 Å². The molecule has 1 N–H and O–H groups in total.